The molecule has 0 N–H and O–H groups in total. The molecule has 0 radical (unpaired) electrons. The third-order valence-corrected chi connectivity index (χ3v) is 3.08. The first-order valence-corrected chi connectivity index (χ1v) is 5.48. The van der Waals surface area contributed by atoms with E-state index in [2.05, 4.69) is 32.6 Å². The second-order valence-electron chi connectivity index (χ2n) is 4.28. The zero-order valence-electron chi connectivity index (χ0n) is 9.01. The van der Waals surface area contributed by atoms with E-state index in [0.717, 1.165) is 18.1 Å². The smallest absolute Gasteiger partial charge is 0.0116 e. The van der Waals surface area contributed by atoms with Gasteiger partial charge in [0, 0.05) is 18.1 Å². The maximum Gasteiger partial charge on any atom is 0.0116 e. The Labute approximate surface area is 77.1 Å². The third kappa shape index (κ3) is 1.82. The zero-order valence-corrected chi connectivity index (χ0v) is 9.01. The van der Waals surface area contributed by atoms with Gasteiger partial charge < -0.3 is 0 Å². The van der Waals surface area contributed by atoms with Gasteiger partial charge in [0.2, 0.25) is 0 Å². The van der Waals surface area contributed by atoms with Crippen molar-refractivity contribution in [3.63, 3.8) is 0 Å². The zero-order chi connectivity index (χ0) is 9.14. The van der Waals surface area contributed by atoms with Gasteiger partial charge in [-0.15, -0.1) is 0 Å². The van der Waals surface area contributed by atoms with Crippen molar-refractivity contribution in [1.29, 1.82) is 0 Å². The minimum Gasteiger partial charge on any atom is -0.295 e. The van der Waals surface area contributed by atoms with E-state index < -0.39 is 0 Å². The molecule has 0 aliphatic carbocycles. The fourth-order valence-corrected chi connectivity index (χ4v) is 2.54. The molecular weight excluding hydrogens is 146 g/mol. The average molecular weight is 169 g/mol. The molecule has 1 rings (SSSR count). The minimum absolute atomic E-state index is 0.750. The summed E-state index contributed by atoms with van der Waals surface area (Å²) in [6, 6.07) is 2.54. The predicted molar refractivity (Wildman–Crippen MR) is 54.4 cm³/mol. The van der Waals surface area contributed by atoms with Crippen molar-refractivity contribution in [1.82, 2.24) is 4.90 Å². The van der Waals surface area contributed by atoms with E-state index in [4.69, 9.17) is 0 Å². The molecule has 1 heterocycles. The summed E-state index contributed by atoms with van der Waals surface area (Å²) in [6.07, 6.45) is 5.51. The summed E-state index contributed by atoms with van der Waals surface area (Å²) < 4.78 is 0. The molecule has 12 heavy (non-hydrogen) atoms. The maximum atomic E-state index is 2.70. The van der Waals surface area contributed by atoms with Gasteiger partial charge in [-0.3, -0.25) is 4.90 Å². The molecule has 2 atom stereocenters. The van der Waals surface area contributed by atoms with Gasteiger partial charge in [-0.25, -0.2) is 0 Å². The van der Waals surface area contributed by atoms with Gasteiger partial charge in [-0.2, -0.15) is 0 Å². The molecule has 0 bridgehead atoms. The lowest BCUT2D eigenvalue weighted by Crippen LogP contribution is -2.58. The largest absolute Gasteiger partial charge is 0.295 e. The van der Waals surface area contributed by atoms with Crippen LogP contribution in [0.15, 0.2) is 0 Å². The van der Waals surface area contributed by atoms with Crippen molar-refractivity contribution < 1.29 is 0 Å². The summed E-state index contributed by atoms with van der Waals surface area (Å²) in [4.78, 5) is 2.70. The second-order valence-corrected chi connectivity index (χ2v) is 4.28. The Hall–Kier alpha value is -0.0400. The van der Waals surface area contributed by atoms with E-state index in [9.17, 15) is 0 Å². The van der Waals surface area contributed by atoms with Crippen molar-refractivity contribution in [3.05, 3.63) is 0 Å². The van der Waals surface area contributed by atoms with Crippen LogP contribution >= 0.6 is 0 Å². The SMILES string of the molecule is CCCC1CC(CC)N1C(C)C. The van der Waals surface area contributed by atoms with Gasteiger partial charge in [-0.05, 0) is 33.1 Å². The van der Waals surface area contributed by atoms with Crippen molar-refractivity contribution >= 4 is 0 Å². The summed E-state index contributed by atoms with van der Waals surface area (Å²) in [6.45, 7) is 9.24. The van der Waals surface area contributed by atoms with Gasteiger partial charge in [0.15, 0.2) is 0 Å². The molecule has 0 aromatic heterocycles. The normalized spacial score (nSPS) is 30.8. The second kappa shape index (κ2) is 4.27. The van der Waals surface area contributed by atoms with Crippen LogP contribution in [0.1, 0.15) is 53.4 Å². The fourth-order valence-electron chi connectivity index (χ4n) is 2.54. The van der Waals surface area contributed by atoms with Crippen molar-refractivity contribution in [2.45, 2.75) is 71.5 Å². The monoisotopic (exact) mass is 169 g/mol. The highest BCUT2D eigenvalue weighted by Gasteiger charge is 2.37. The Balaban J connectivity index is 2.39. The molecule has 1 aliphatic rings. The molecule has 2 unspecified atom stereocenters. The van der Waals surface area contributed by atoms with Crippen molar-refractivity contribution in [3.8, 4) is 0 Å². The lowest BCUT2D eigenvalue weighted by Gasteiger charge is -2.51. The van der Waals surface area contributed by atoms with Crippen molar-refractivity contribution in [2.24, 2.45) is 0 Å². The molecule has 0 aromatic carbocycles. The molecule has 0 spiro atoms. The Morgan fingerprint density at radius 3 is 2.33 bits per heavy atom. The fraction of sp³-hybridized carbons (Fsp3) is 1.00. The van der Waals surface area contributed by atoms with Crippen molar-refractivity contribution in [2.75, 3.05) is 0 Å². The van der Waals surface area contributed by atoms with E-state index in [1.54, 1.807) is 0 Å². The standard InChI is InChI=1S/C11H23N/c1-5-7-11-8-10(6-2)12(11)9(3)4/h9-11H,5-8H2,1-4H3. The molecule has 1 saturated heterocycles. The predicted octanol–water partition coefficient (Wildman–Crippen LogP) is 3.05. The Bertz CT molecular complexity index is 131. The Kier molecular flexibility index (Phi) is 3.57. The van der Waals surface area contributed by atoms with Crippen LogP contribution in [0.3, 0.4) is 0 Å². The van der Waals surface area contributed by atoms with Gasteiger partial charge in [0.25, 0.3) is 0 Å². The van der Waals surface area contributed by atoms with Crippen LogP contribution in [0, 0.1) is 0 Å². The molecule has 1 heteroatoms. The van der Waals surface area contributed by atoms with Crippen LogP contribution in [0.5, 0.6) is 0 Å². The van der Waals surface area contributed by atoms with Gasteiger partial charge in [0.1, 0.15) is 0 Å². The highest BCUT2D eigenvalue weighted by molar-refractivity contribution is 4.93. The highest BCUT2D eigenvalue weighted by Crippen LogP contribution is 2.32. The number of likely N-dealkylation sites (tertiary alicyclic amines) is 1. The molecular formula is C11H23N. The van der Waals surface area contributed by atoms with E-state index >= 15 is 0 Å². The number of rotatable bonds is 4. The van der Waals surface area contributed by atoms with Crippen LogP contribution in [0.4, 0.5) is 0 Å². The molecule has 0 aromatic rings. The summed E-state index contributed by atoms with van der Waals surface area (Å²) in [5, 5.41) is 0. The van der Waals surface area contributed by atoms with Crippen LogP contribution in [-0.4, -0.2) is 23.0 Å². The molecule has 0 saturated carbocycles. The first-order chi connectivity index (χ1) is 5.70. The van der Waals surface area contributed by atoms with Crippen LogP contribution in [0.25, 0.3) is 0 Å². The first kappa shape index (κ1) is 10.0. The van der Waals surface area contributed by atoms with E-state index in [0.29, 0.717) is 0 Å². The summed E-state index contributed by atoms with van der Waals surface area (Å²) in [5.41, 5.74) is 0. The van der Waals surface area contributed by atoms with E-state index in [-0.39, 0.29) is 0 Å². The highest BCUT2D eigenvalue weighted by atomic mass is 15.3. The lowest BCUT2D eigenvalue weighted by molar-refractivity contribution is -0.0197. The molecule has 1 aliphatic heterocycles. The maximum absolute atomic E-state index is 2.70. The quantitative estimate of drug-likeness (QED) is 0.625. The number of hydrogen-bond acceptors (Lipinski definition) is 1. The first-order valence-electron chi connectivity index (χ1n) is 5.48. The van der Waals surface area contributed by atoms with Gasteiger partial charge >= 0.3 is 0 Å². The average Bonchev–Trinajstić information content (AvgIpc) is 1.95. The van der Waals surface area contributed by atoms with Gasteiger partial charge in [0.05, 0.1) is 0 Å². The summed E-state index contributed by atoms with van der Waals surface area (Å²) in [5.74, 6) is 0. The Morgan fingerprint density at radius 1 is 1.25 bits per heavy atom. The lowest BCUT2D eigenvalue weighted by atomic mass is 9.86. The van der Waals surface area contributed by atoms with Crippen LogP contribution in [-0.2, 0) is 0 Å². The van der Waals surface area contributed by atoms with Gasteiger partial charge in [-0.1, -0.05) is 20.3 Å². The van der Waals surface area contributed by atoms with E-state index in [1.165, 1.54) is 25.7 Å². The summed E-state index contributed by atoms with van der Waals surface area (Å²) in [7, 11) is 0. The third-order valence-electron chi connectivity index (χ3n) is 3.08. The molecule has 0 amide bonds. The Morgan fingerprint density at radius 2 is 1.92 bits per heavy atom. The topological polar surface area (TPSA) is 3.24 Å². The molecule has 1 nitrogen and oxygen atoms in total. The minimum atomic E-state index is 0.750. The molecule has 72 valence electrons. The van der Waals surface area contributed by atoms with E-state index in [1.807, 2.05) is 0 Å². The molecule has 1 fully saturated rings. The van der Waals surface area contributed by atoms with Crippen LogP contribution in [0.2, 0.25) is 0 Å². The summed E-state index contributed by atoms with van der Waals surface area (Å²) >= 11 is 0. The van der Waals surface area contributed by atoms with Crippen LogP contribution < -0.4 is 0 Å². The number of hydrogen-bond donors (Lipinski definition) is 0. The number of nitrogens with zero attached hydrogens (tertiary/aromatic N) is 1.